The lowest BCUT2D eigenvalue weighted by molar-refractivity contribution is -0.231. The van der Waals surface area contributed by atoms with Crippen LogP contribution < -0.4 is 10.6 Å². The molecule has 0 saturated carbocycles. The fourth-order valence-electron chi connectivity index (χ4n) is 6.58. The first-order valence-electron chi connectivity index (χ1n) is 20.0. The molecule has 0 bridgehead atoms. The lowest BCUT2D eigenvalue weighted by Crippen LogP contribution is -2.69. The number of carbonyl (C=O) groups excluding carboxylic acids is 3. The summed E-state index contributed by atoms with van der Waals surface area (Å²) < 4.78 is 11.3. The van der Waals surface area contributed by atoms with Gasteiger partial charge in [-0.25, -0.2) is 4.79 Å². The molecule has 1 saturated heterocycles. The van der Waals surface area contributed by atoms with E-state index in [4.69, 9.17) is 9.47 Å². The molecule has 51 heavy (non-hydrogen) atoms. The van der Waals surface area contributed by atoms with E-state index in [0.717, 1.165) is 56.9 Å². The monoisotopic (exact) mass is 720 g/mol. The van der Waals surface area contributed by atoms with Crippen molar-refractivity contribution in [1.82, 2.24) is 15.5 Å². The van der Waals surface area contributed by atoms with Crippen LogP contribution in [-0.2, 0) is 25.7 Å². The number of alkyl carbamates (subject to hydrolysis) is 1. The van der Waals surface area contributed by atoms with Crippen molar-refractivity contribution in [2.75, 3.05) is 19.7 Å². The molecule has 1 heterocycles. The average Bonchev–Trinajstić information content (AvgIpc) is 3.14. The summed E-state index contributed by atoms with van der Waals surface area (Å²) in [6.45, 7) is 3.80. The van der Waals surface area contributed by atoms with Gasteiger partial charge in [0, 0.05) is 13.0 Å². The van der Waals surface area contributed by atoms with Crippen LogP contribution in [0.2, 0.25) is 0 Å². The molecule has 1 aromatic rings. The van der Waals surface area contributed by atoms with Crippen LogP contribution >= 0.6 is 0 Å². The predicted octanol–water partition coefficient (Wildman–Crippen LogP) is 6.51. The highest BCUT2D eigenvalue weighted by Crippen LogP contribution is 2.26. The van der Waals surface area contributed by atoms with Gasteiger partial charge in [0.1, 0.15) is 37.5 Å². The topological polar surface area (TPSA) is 158 Å². The zero-order chi connectivity index (χ0) is 37.1. The van der Waals surface area contributed by atoms with Crippen LogP contribution in [0.1, 0.15) is 148 Å². The van der Waals surface area contributed by atoms with E-state index in [0.29, 0.717) is 13.0 Å². The minimum absolute atomic E-state index is 0.0370. The van der Waals surface area contributed by atoms with Gasteiger partial charge < -0.3 is 40.3 Å². The second kappa shape index (κ2) is 27.9. The Kier molecular flexibility index (Phi) is 24.3. The first kappa shape index (κ1) is 44.4. The van der Waals surface area contributed by atoms with Crippen molar-refractivity contribution in [1.29, 1.82) is 0 Å². The molecule has 0 spiro atoms. The Balaban J connectivity index is 2.02. The molecule has 0 aliphatic carbocycles. The normalized spacial score (nSPS) is 20.1. The largest absolute Gasteiger partial charge is 0.445 e. The Morgan fingerprint density at radius 2 is 1.27 bits per heavy atom. The number of rotatable bonds is 28. The smallest absolute Gasteiger partial charge is 0.407 e. The average molecular weight is 720 g/mol. The van der Waals surface area contributed by atoms with Crippen LogP contribution in [0.4, 0.5) is 4.79 Å². The Labute approximate surface area is 307 Å². The van der Waals surface area contributed by atoms with Crippen molar-refractivity contribution in [2.45, 2.75) is 179 Å². The van der Waals surface area contributed by atoms with E-state index in [1.54, 1.807) is 4.90 Å². The number of nitrogens with zero attached hydrogens (tertiary/aromatic N) is 1. The third-order valence-corrected chi connectivity index (χ3v) is 9.71. The summed E-state index contributed by atoms with van der Waals surface area (Å²) in [7, 11) is 0. The van der Waals surface area contributed by atoms with E-state index in [1.807, 2.05) is 30.3 Å². The Morgan fingerprint density at radius 3 is 1.82 bits per heavy atom. The van der Waals surface area contributed by atoms with Crippen molar-refractivity contribution >= 4 is 17.9 Å². The molecular formula is C40H69N3O8. The number of aliphatic hydroxyl groups is 3. The molecular weight excluding hydrogens is 650 g/mol. The minimum Gasteiger partial charge on any atom is -0.445 e. The van der Waals surface area contributed by atoms with Crippen LogP contribution in [0.5, 0.6) is 0 Å². The Morgan fingerprint density at radius 1 is 0.745 bits per heavy atom. The Bertz CT molecular complexity index is 1060. The predicted molar refractivity (Wildman–Crippen MR) is 200 cm³/mol. The molecule has 11 nitrogen and oxygen atoms in total. The summed E-state index contributed by atoms with van der Waals surface area (Å²) >= 11 is 0. The van der Waals surface area contributed by atoms with Gasteiger partial charge in [0.15, 0.2) is 6.23 Å². The molecule has 1 aliphatic rings. The number of ether oxygens (including phenoxy) is 2. The van der Waals surface area contributed by atoms with Crippen LogP contribution in [0.15, 0.2) is 30.3 Å². The fraction of sp³-hybridized carbons (Fsp3) is 0.775. The van der Waals surface area contributed by atoms with Crippen LogP contribution in [0, 0.1) is 0 Å². The van der Waals surface area contributed by atoms with E-state index in [-0.39, 0.29) is 12.5 Å². The zero-order valence-electron chi connectivity index (χ0n) is 31.6. The molecule has 292 valence electrons. The highest BCUT2D eigenvalue weighted by atomic mass is 16.6. The van der Waals surface area contributed by atoms with Gasteiger partial charge in [0.2, 0.25) is 11.8 Å². The summed E-state index contributed by atoms with van der Waals surface area (Å²) in [5, 5.41) is 37.0. The first-order valence-corrected chi connectivity index (χ1v) is 20.0. The molecule has 0 unspecified atom stereocenters. The number of hydrogen-bond donors (Lipinski definition) is 5. The SMILES string of the molecule is CCCCCCCCCCCCN(C(=O)CCCCCCCCCCC)[C@@H]1O[C@H](CO)[C@H](O)[C@H](O)[C@H]1NC(=O)CNC(=O)OCc1ccccc1. The van der Waals surface area contributed by atoms with Crippen molar-refractivity contribution in [3.8, 4) is 0 Å². The maximum Gasteiger partial charge on any atom is 0.407 e. The van der Waals surface area contributed by atoms with E-state index < -0.39 is 55.7 Å². The van der Waals surface area contributed by atoms with Gasteiger partial charge in [0.05, 0.1) is 6.61 Å². The van der Waals surface area contributed by atoms with Gasteiger partial charge in [0.25, 0.3) is 0 Å². The molecule has 2 rings (SSSR count). The van der Waals surface area contributed by atoms with Crippen LogP contribution in [0.3, 0.4) is 0 Å². The van der Waals surface area contributed by atoms with Gasteiger partial charge in [-0.15, -0.1) is 0 Å². The lowest BCUT2D eigenvalue weighted by atomic mass is 9.94. The molecule has 3 amide bonds. The van der Waals surface area contributed by atoms with E-state index in [9.17, 15) is 29.7 Å². The van der Waals surface area contributed by atoms with Crippen molar-refractivity contribution in [3.05, 3.63) is 35.9 Å². The van der Waals surface area contributed by atoms with Gasteiger partial charge in [-0.3, -0.25) is 9.59 Å². The second-order valence-corrected chi connectivity index (χ2v) is 14.1. The molecule has 0 aromatic heterocycles. The molecule has 1 aromatic carbocycles. The van der Waals surface area contributed by atoms with Gasteiger partial charge >= 0.3 is 6.09 Å². The number of unbranched alkanes of at least 4 members (excludes halogenated alkanes) is 17. The number of amides is 3. The zero-order valence-corrected chi connectivity index (χ0v) is 31.6. The van der Waals surface area contributed by atoms with E-state index >= 15 is 0 Å². The van der Waals surface area contributed by atoms with Gasteiger partial charge in [-0.2, -0.15) is 0 Å². The summed E-state index contributed by atoms with van der Waals surface area (Å²) in [5.74, 6) is -0.801. The summed E-state index contributed by atoms with van der Waals surface area (Å²) in [5.41, 5.74) is 0.796. The molecule has 0 radical (unpaired) electrons. The highest BCUT2D eigenvalue weighted by Gasteiger charge is 2.48. The number of hydrogen-bond acceptors (Lipinski definition) is 8. The van der Waals surface area contributed by atoms with Crippen molar-refractivity contribution in [3.63, 3.8) is 0 Å². The van der Waals surface area contributed by atoms with Crippen molar-refractivity contribution < 1.29 is 39.2 Å². The molecule has 5 N–H and O–H groups in total. The summed E-state index contributed by atoms with van der Waals surface area (Å²) in [4.78, 5) is 40.7. The van der Waals surface area contributed by atoms with Gasteiger partial charge in [-0.1, -0.05) is 153 Å². The quantitative estimate of drug-likeness (QED) is 0.0614. The first-order chi connectivity index (χ1) is 24.8. The fourth-order valence-corrected chi connectivity index (χ4v) is 6.58. The maximum atomic E-state index is 13.8. The van der Waals surface area contributed by atoms with E-state index in [1.165, 1.54) is 70.6 Å². The summed E-state index contributed by atoms with van der Waals surface area (Å²) in [6.07, 6.45) is 15.7. The minimum atomic E-state index is -1.52. The highest BCUT2D eigenvalue weighted by molar-refractivity contribution is 5.82. The van der Waals surface area contributed by atoms with Crippen LogP contribution in [-0.4, -0.2) is 88.4 Å². The molecule has 1 aliphatic heterocycles. The number of carbonyl (C=O) groups is 3. The lowest BCUT2D eigenvalue weighted by Gasteiger charge is -2.47. The third-order valence-electron chi connectivity index (χ3n) is 9.71. The van der Waals surface area contributed by atoms with Crippen LogP contribution in [0.25, 0.3) is 0 Å². The van der Waals surface area contributed by atoms with Crippen molar-refractivity contribution in [2.24, 2.45) is 0 Å². The third kappa shape index (κ3) is 18.5. The molecule has 11 heteroatoms. The van der Waals surface area contributed by atoms with Gasteiger partial charge in [-0.05, 0) is 18.4 Å². The number of nitrogens with one attached hydrogen (secondary N) is 2. The van der Waals surface area contributed by atoms with E-state index in [2.05, 4.69) is 24.5 Å². The molecule has 1 fully saturated rings. The molecule has 5 atom stereocenters. The second-order valence-electron chi connectivity index (χ2n) is 14.1. The Hall–Kier alpha value is -2.73. The number of benzene rings is 1. The summed E-state index contributed by atoms with van der Waals surface area (Å²) in [6, 6.07) is 7.95. The standard InChI is InChI=1S/C40H69N3O8/c1-3-5-7-9-11-13-15-17-19-24-28-43(35(46)27-23-18-16-14-12-10-8-6-4-2)39-36(38(48)37(47)33(30-44)51-39)42-34(45)29-41-40(49)50-31-32-25-21-20-22-26-32/h20-22,25-26,33,36-39,44,47-48H,3-19,23-24,27-31H2,1-2H3,(H,41,49)(H,42,45)/t33-,36-,37+,38-,39-/m1/s1. The number of aliphatic hydroxyl groups excluding tert-OH is 3. The maximum absolute atomic E-state index is 13.8.